The minimum atomic E-state index is 0.190. The Balaban J connectivity index is 1.39. The number of H-pyrrole nitrogens is 1. The van der Waals surface area contributed by atoms with Gasteiger partial charge in [0.05, 0.1) is 0 Å². The summed E-state index contributed by atoms with van der Waals surface area (Å²) in [6.45, 7) is 1.12. The Kier molecular flexibility index (Phi) is 5.56. The van der Waals surface area contributed by atoms with Gasteiger partial charge < -0.3 is 9.88 Å². The molecular weight excluding hydrogens is 342 g/mol. The van der Waals surface area contributed by atoms with Crippen molar-refractivity contribution < 1.29 is 0 Å². The van der Waals surface area contributed by atoms with Gasteiger partial charge in [0.25, 0.3) is 0 Å². The zero-order valence-electron chi connectivity index (χ0n) is 17.5. The minimum Gasteiger partial charge on any atom is -0.361 e. The number of benzene rings is 2. The van der Waals surface area contributed by atoms with Crippen molar-refractivity contribution in [2.75, 3.05) is 27.7 Å². The highest BCUT2D eigenvalue weighted by Crippen LogP contribution is 2.42. The van der Waals surface area contributed by atoms with E-state index in [-0.39, 0.29) is 5.54 Å². The first-order valence-electron chi connectivity index (χ1n) is 10.6. The van der Waals surface area contributed by atoms with Gasteiger partial charge in [-0.1, -0.05) is 48.5 Å². The molecule has 0 spiro atoms. The molecule has 0 saturated heterocycles. The van der Waals surface area contributed by atoms with Gasteiger partial charge >= 0.3 is 0 Å². The molecule has 3 nitrogen and oxygen atoms in total. The van der Waals surface area contributed by atoms with E-state index in [9.17, 15) is 0 Å². The topological polar surface area (TPSA) is 22.3 Å². The Labute approximate surface area is 169 Å². The molecule has 0 aliphatic heterocycles. The number of rotatable bonds is 6. The van der Waals surface area contributed by atoms with Crippen LogP contribution in [0.2, 0.25) is 0 Å². The summed E-state index contributed by atoms with van der Waals surface area (Å²) < 4.78 is 0. The van der Waals surface area contributed by atoms with Gasteiger partial charge in [0.15, 0.2) is 0 Å². The molecule has 148 valence electrons. The van der Waals surface area contributed by atoms with E-state index >= 15 is 0 Å². The molecule has 1 N–H and O–H groups in total. The predicted octanol–water partition coefficient (Wildman–Crippen LogP) is 5.04. The Hall–Kier alpha value is -2.10. The first kappa shape index (κ1) is 19.2. The largest absolute Gasteiger partial charge is 0.361 e. The van der Waals surface area contributed by atoms with Crippen molar-refractivity contribution in [3.63, 3.8) is 0 Å². The predicted molar refractivity (Wildman–Crippen MR) is 119 cm³/mol. The molecular formula is C25H33N3. The molecule has 28 heavy (non-hydrogen) atoms. The van der Waals surface area contributed by atoms with Crippen LogP contribution in [0.4, 0.5) is 0 Å². The maximum atomic E-state index is 3.41. The lowest BCUT2D eigenvalue weighted by Gasteiger charge is -2.47. The molecule has 3 heteroatoms. The smallest absolute Gasteiger partial charge is 0.0456 e. The number of nitrogens with one attached hydrogen (secondary N) is 1. The molecule has 1 aromatic heterocycles. The van der Waals surface area contributed by atoms with Crippen LogP contribution in [-0.2, 0) is 12.0 Å². The summed E-state index contributed by atoms with van der Waals surface area (Å²) in [6, 6.07) is 20.4. The van der Waals surface area contributed by atoms with Gasteiger partial charge in [0.2, 0.25) is 0 Å². The van der Waals surface area contributed by atoms with E-state index in [0.29, 0.717) is 6.04 Å². The first-order chi connectivity index (χ1) is 13.6. The van der Waals surface area contributed by atoms with E-state index in [1.165, 1.54) is 47.7 Å². The second-order valence-corrected chi connectivity index (χ2v) is 8.61. The molecule has 0 bridgehead atoms. The Morgan fingerprint density at radius 3 is 2.32 bits per heavy atom. The van der Waals surface area contributed by atoms with Crippen LogP contribution in [0.1, 0.15) is 36.8 Å². The SMILES string of the molecule is CN(CCc1c[nH]c2ccccc12)C1CCC(c2ccccc2)(N(C)C)CC1. The summed E-state index contributed by atoms with van der Waals surface area (Å²) in [5.74, 6) is 0. The Morgan fingerprint density at radius 2 is 1.61 bits per heavy atom. The Morgan fingerprint density at radius 1 is 0.929 bits per heavy atom. The quantitative estimate of drug-likeness (QED) is 0.652. The van der Waals surface area contributed by atoms with Crippen molar-refractivity contribution in [2.45, 2.75) is 43.7 Å². The lowest BCUT2D eigenvalue weighted by molar-refractivity contribution is 0.0577. The fourth-order valence-corrected chi connectivity index (χ4v) is 5.08. The molecule has 3 aromatic rings. The van der Waals surface area contributed by atoms with Crippen LogP contribution in [0.5, 0.6) is 0 Å². The summed E-state index contributed by atoms with van der Waals surface area (Å²) in [4.78, 5) is 8.45. The summed E-state index contributed by atoms with van der Waals surface area (Å²) in [7, 11) is 6.80. The normalized spacial score (nSPS) is 23.0. The number of hydrogen-bond donors (Lipinski definition) is 1. The second kappa shape index (κ2) is 8.10. The summed E-state index contributed by atoms with van der Waals surface area (Å²) in [6.07, 6.45) is 8.27. The highest BCUT2D eigenvalue weighted by molar-refractivity contribution is 5.83. The van der Waals surface area contributed by atoms with Crippen molar-refractivity contribution in [1.82, 2.24) is 14.8 Å². The molecule has 0 amide bonds. The monoisotopic (exact) mass is 375 g/mol. The lowest BCUT2D eigenvalue weighted by atomic mass is 9.73. The zero-order valence-corrected chi connectivity index (χ0v) is 17.5. The molecule has 0 radical (unpaired) electrons. The molecule has 1 heterocycles. The number of fused-ring (bicyclic) bond motifs is 1. The molecule has 0 unspecified atom stereocenters. The number of aromatic nitrogens is 1. The third-order valence-electron chi connectivity index (χ3n) is 6.98. The van der Waals surface area contributed by atoms with Crippen molar-refractivity contribution in [3.05, 3.63) is 71.9 Å². The molecule has 1 aliphatic carbocycles. The maximum absolute atomic E-state index is 3.41. The first-order valence-corrected chi connectivity index (χ1v) is 10.6. The minimum absolute atomic E-state index is 0.190. The van der Waals surface area contributed by atoms with E-state index in [0.717, 1.165) is 13.0 Å². The second-order valence-electron chi connectivity index (χ2n) is 8.61. The summed E-state index contributed by atoms with van der Waals surface area (Å²) in [5, 5.41) is 1.37. The molecule has 4 rings (SSSR count). The average molecular weight is 376 g/mol. The fourth-order valence-electron chi connectivity index (χ4n) is 5.08. The third kappa shape index (κ3) is 3.61. The molecule has 0 atom stereocenters. The van der Waals surface area contributed by atoms with E-state index in [1.807, 2.05) is 0 Å². The molecule has 1 aliphatic rings. The zero-order chi connectivity index (χ0) is 19.6. The van der Waals surface area contributed by atoms with Gasteiger partial charge in [-0.15, -0.1) is 0 Å². The number of nitrogens with zero attached hydrogens (tertiary/aromatic N) is 2. The van der Waals surface area contributed by atoms with Gasteiger partial charge in [-0.2, -0.15) is 0 Å². The van der Waals surface area contributed by atoms with Gasteiger partial charge in [-0.05, 0) is 70.4 Å². The van der Waals surface area contributed by atoms with Gasteiger partial charge in [-0.3, -0.25) is 4.90 Å². The number of aromatic amines is 1. The van der Waals surface area contributed by atoms with Crippen LogP contribution >= 0.6 is 0 Å². The van der Waals surface area contributed by atoms with Crippen molar-refractivity contribution in [2.24, 2.45) is 0 Å². The van der Waals surface area contributed by atoms with E-state index in [2.05, 4.69) is 96.7 Å². The fraction of sp³-hybridized carbons (Fsp3) is 0.440. The molecule has 1 saturated carbocycles. The van der Waals surface area contributed by atoms with Crippen LogP contribution in [-0.4, -0.2) is 48.5 Å². The summed E-state index contributed by atoms with van der Waals surface area (Å²) in [5.41, 5.74) is 4.34. The number of likely N-dealkylation sites (N-methyl/N-ethyl adjacent to an activating group) is 1. The van der Waals surface area contributed by atoms with Crippen LogP contribution < -0.4 is 0 Å². The van der Waals surface area contributed by atoms with E-state index < -0.39 is 0 Å². The van der Waals surface area contributed by atoms with Crippen molar-refractivity contribution >= 4 is 10.9 Å². The molecule has 2 aromatic carbocycles. The van der Waals surface area contributed by atoms with Gasteiger partial charge in [0.1, 0.15) is 0 Å². The average Bonchev–Trinajstić information content (AvgIpc) is 3.16. The Bertz CT molecular complexity index is 888. The summed E-state index contributed by atoms with van der Waals surface area (Å²) >= 11 is 0. The third-order valence-corrected chi connectivity index (χ3v) is 6.98. The highest BCUT2D eigenvalue weighted by Gasteiger charge is 2.39. The maximum Gasteiger partial charge on any atom is 0.0456 e. The van der Waals surface area contributed by atoms with Crippen molar-refractivity contribution in [1.29, 1.82) is 0 Å². The van der Waals surface area contributed by atoms with E-state index in [1.54, 1.807) is 0 Å². The van der Waals surface area contributed by atoms with E-state index in [4.69, 9.17) is 0 Å². The standard InChI is InChI=1S/C25H33N3/c1-27(2)25(21-9-5-4-6-10-21)16-13-22(14-17-25)28(3)18-15-20-19-26-24-12-8-7-11-23(20)24/h4-12,19,22,26H,13-18H2,1-3H3. The van der Waals surface area contributed by atoms with Crippen LogP contribution in [0.25, 0.3) is 10.9 Å². The van der Waals surface area contributed by atoms with Crippen LogP contribution in [0.15, 0.2) is 60.8 Å². The van der Waals surface area contributed by atoms with Crippen molar-refractivity contribution in [3.8, 4) is 0 Å². The van der Waals surface area contributed by atoms with Gasteiger partial charge in [-0.25, -0.2) is 0 Å². The highest BCUT2D eigenvalue weighted by atomic mass is 15.2. The number of hydrogen-bond acceptors (Lipinski definition) is 2. The van der Waals surface area contributed by atoms with Gasteiger partial charge in [0, 0.05) is 35.2 Å². The lowest BCUT2D eigenvalue weighted by Crippen LogP contribution is -2.48. The molecule has 1 fully saturated rings. The van der Waals surface area contributed by atoms with Crippen LogP contribution in [0, 0.1) is 0 Å². The number of para-hydroxylation sites is 1. The van der Waals surface area contributed by atoms with Crippen LogP contribution in [0.3, 0.4) is 0 Å².